The van der Waals surface area contributed by atoms with Gasteiger partial charge in [-0.2, -0.15) is 5.10 Å². The summed E-state index contributed by atoms with van der Waals surface area (Å²) in [6.45, 7) is 6.62. The molecule has 1 aliphatic heterocycles. The van der Waals surface area contributed by atoms with E-state index >= 15 is 0 Å². The Kier molecular flexibility index (Phi) is 7.19. The van der Waals surface area contributed by atoms with Gasteiger partial charge in [0.2, 0.25) is 0 Å². The summed E-state index contributed by atoms with van der Waals surface area (Å²) in [5, 5.41) is 13.5. The van der Waals surface area contributed by atoms with Crippen LogP contribution in [0.4, 0.5) is 11.5 Å². The minimum absolute atomic E-state index is 0.189. The van der Waals surface area contributed by atoms with E-state index in [9.17, 15) is 18.0 Å². The fraction of sp³-hybridized carbons (Fsp3) is 0.296. The van der Waals surface area contributed by atoms with E-state index < -0.39 is 15.4 Å². The Morgan fingerprint density at radius 1 is 1.05 bits per heavy atom. The molecule has 0 saturated carbocycles. The van der Waals surface area contributed by atoms with Crippen molar-refractivity contribution in [2.75, 3.05) is 42.8 Å². The minimum Gasteiger partial charge on any atom is -0.378 e. The maximum absolute atomic E-state index is 13.1. The highest BCUT2D eigenvalue weighted by molar-refractivity contribution is 7.90. The number of hydrogen-bond donors (Lipinski definition) is 3. The normalized spacial score (nSPS) is 14.4. The Hall–Kier alpha value is -3.74. The summed E-state index contributed by atoms with van der Waals surface area (Å²) in [6, 6.07) is 15.6. The predicted octanol–water partition coefficient (Wildman–Crippen LogP) is 3.78. The van der Waals surface area contributed by atoms with E-state index in [4.69, 9.17) is 4.74 Å². The van der Waals surface area contributed by atoms with Gasteiger partial charge in [-0.25, -0.2) is 8.42 Å². The Balaban J connectivity index is 1.29. The van der Waals surface area contributed by atoms with E-state index in [1.807, 2.05) is 26.0 Å². The average Bonchev–Trinajstić information content (AvgIpc) is 3.51. The second kappa shape index (κ2) is 10.4. The number of nitrogens with zero attached hydrogens (tertiary/aromatic N) is 2. The van der Waals surface area contributed by atoms with Crippen LogP contribution in [0.3, 0.4) is 0 Å². The number of morpholine rings is 1. The summed E-state index contributed by atoms with van der Waals surface area (Å²) in [5.74, 6) is -0.293. The van der Waals surface area contributed by atoms with Crippen molar-refractivity contribution >= 4 is 54.7 Å². The SMILES string of the molecule is CC(C)(NC(=O)c1cc2c(NC(=O)c3ccc(N4CCOCC4)cc3)n[nH]c2s1)c1cccc(S(C)(=O)=O)c1. The zero-order valence-electron chi connectivity index (χ0n) is 21.8. The number of anilines is 2. The van der Waals surface area contributed by atoms with Crippen LogP contribution in [0, 0.1) is 0 Å². The van der Waals surface area contributed by atoms with Crippen molar-refractivity contribution in [3.05, 3.63) is 70.6 Å². The number of fused-ring (bicyclic) bond motifs is 1. The van der Waals surface area contributed by atoms with E-state index in [2.05, 4.69) is 25.7 Å². The molecule has 204 valence electrons. The lowest BCUT2D eigenvalue weighted by molar-refractivity contribution is 0.0915. The highest BCUT2D eigenvalue weighted by Gasteiger charge is 2.26. The molecule has 5 rings (SSSR count). The molecular formula is C27H29N5O5S2. The van der Waals surface area contributed by atoms with Crippen molar-refractivity contribution in [3.8, 4) is 0 Å². The highest BCUT2D eigenvalue weighted by atomic mass is 32.2. The van der Waals surface area contributed by atoms with E-state index in [1.54, 1.807) is 36.4 Å². The Labute approximate surface area is 230 Å². The molecule has 1 saturated heterocycles. The Bertz CT molecular complexity index is 1630. The van der Waals surface area contributed by atoms with Crippen molar-refractivity contribution < 1.29 is 22.7 Å². The molecule has 1 aliphatic rings. The molecule has 39 heavy (non-hydrogen) atoms. The van der Waals surface area contributed by atoms with Gasteiger partial charge in [-0.05, 0) is 61.9 Å². The molecule has 2 aromatic carbocycles. The number of amides is 2. The summed E-state index contributed by atoms with van der Waals surface area (Å²) in [5.41, 5.74) is 1.36. The maximum atomic E-state index is 13.1. The number of carbonyl (C=O) groups is 2. The first-order chi connectivity index (χ1) is 18.5. The zero-order chi connectivity index (χ0) is 27.8. The van der Waals surface area contributed by atoms with Crippen molar-refractivity contribution in [1.29, 1.82) is 0 Å². The molecule has 3 N–H and O–H groups in total. The first kappa shape index (κ1) is 26.9. The van der Waals surface area contributed by atoms with Crippen LogP contribution in [-0.2, 0) is 20.1 Å². The number of ether oxygens (including phenoxy) is 1. The van der Waals surface area contributed by atoms with Gasteiger partial charge in [0, 0.05) is 30.6 Å². The average molecular weight is 568 g/mol. The molecule has 0 aliphatic carbocycles. The summed E-state index contributed by atoms with van der Waals surface area (Å²) >= 11 is 1.22. The Morgan fingerprint density at radius 2 is 1.77 bits per heavy atom. The van der Waals surface area contributed by atoms with Crippen molar-refractivity contribution in [3.63, 3.8) is 0 Å². The van der Waals surface area contributed by atoms with Crippen molar-refractivity contribution in [1.82, 2.24) is 15.5 Å². The van der Waals surface area contributed by atoms with Gasteiger partial charge in [0.05, 0.1) is 33.9 Å². The lowest BCUT2D eigenvalue weighted by Crippen LogP contribution is -2.40. The topological polar surface area (TPSA) is 133 Å². The molecule has 0 bridgehead atoms. The maximum Gasteiger partial charge on any atom is 0.262 e. The van der Waals surface area contributed by atoms with Crippen LogP contribution in [0.15, 0.2) is 59.5 Å². The van der Waals surface area contributed by atoms with Gasteiger partial charge in [0.1, 0.15) is 4.83 Å². The number of benzene rings is 2. The lowest BCUT2D eigenvalue weighted by Gasteiger charge is -2.28. The molecule has 0 spiro atoms. The number of nitrogens with one attached hydrogen (secondary N) is 3. The second-order valence-electron chi connectivity index (χ2n) is 9.91. The number of sulfone groups is 1. The quantitative estimate of drug-likeness (QED) is 0.309. The summed E-state index contributed by atoms with van der Waals surface area (Å²) in [6.07, 6.45) is 1.15. The van der Waals surface area contributed by atoms with E-state index in [0.717, 1.165) is 25.0 Å². The third-order valence-corrected chi connectivity index (χ3v) is 8.78. The smallest absolute Gasteiger partial charge is 0.262 e. The minimum atomic E-state index is -3.38. The third-order valence-electron chi connectivity index (χ3n) is 6.63. The van der Waals surface area contributed by atoms with E-state index in [1.165, 1.54) is 17.4 Å². The highest BCUT2D eigenvalue weighted by Crippen LogP contribution is 2.31. The van der Waals surface area contributed by atoms with Gasteiger partial charge in [0.15, 0.2) is 15.7 Å². The van der Waals surface area contributed by atoms with Crippen LogP contribution in [0.2, 0.25) is 0 Å². The first-order valence-electron chi connectivity index (χ1n) is 12.4. The molecule has 2 aromatic heterocycles. The van der Waals surface area contributed by atoms with Crippen LogP contribution < -0.4 is 15.5 Å². The number of rotatable bonds is 7. The van der Waals surface area contributed by atoms with E-state index in [-0.39, 0.29) is 16.7 Å². The largest absolute Gasteiger partial charge is 0.378 e. The molecule has 1 fully saturated rings. The first-order valence-corrected chi connectivity index (χ1v) is 15.1. The molecule has 4 aromatic rings. The number of aromatic nitrogens is 2. The van der Waals surface area contributed by atoms with E-state index in [0.29, 0.717) is 45.3 Å². The molecular weight excluding hydrogens is 538 g/mol. The fourth-order valence-electron chi connectivity index (χ4n) is 4.38. The summed E-state index contributed by atoms with van der Waals surface area (Å²) < 4.78 is 29.3. The number of carbonyl (C=O) groups excluding carboxylic acids is 2. The van der Waals surface area contributed by atoms with Crippen molar-refractivity contribution in [2.24, 2.45) is 0 Å². The molecule has 12 heteroatoms. The van der Waals surface area contributed by atoms with Gasteiger partial charge in [-0.15, -0.1) is 11.3 Å². The zero-order valence-corrected chi connectivity index (χ0v) is 23.4. The third kappa shape index (κ3) is 5.82. The lowest BCUT2D eigenvalue weighted by atomic mass is 9.94. The monoisotopic (exact) mass is 567 g/mol. The summed E-state index contributed by atoms with van der Waals surface area (Å²) in [7, 11) is -3.38. The van der Waals surface area contributed by atoms with Gasteiger partial charge in [-0.3, -0.25) is 14.7 Å². The second-order valence-corrected chi connectivity index (χ2v) is 13.0. The van der Waals surface area contributed by atoms with Crippen LogP contribution >= 0.6 is 11.3 Å². The molecule has 0 unspecified atom stereocenters. The fourth-order valence-corrected chi connectivity index (χ4v) is 5.95. The number of aromatic amines is 1. The number of H-pyrrole nitrogens is 1. The number of thiophene rings is 1. The standard InChI is InChI=1S/C27H29N5O5S2/c1-27(2,18-5-4-6-20(15-18)39(3,35)36)29-25(34)22-16-21-23(30-31-26(21)38-22)28-24(33)17-7-9-19(10-8-17)32-11-13-37-14-12-32/h4-10,15-16H,11-14H2,1-3H3,(H,29,34)(H2,28,30,31,33). The van der Waals surface area contributed by atoms with Crippen molar-refractivity contribution in [2.45, 2.75) is 24.3 Å². The molecule has 3 heterocycles. The number of hydrogen-bond acceptors (Lipinski definition) is 8. The van der Waals surface area contributed by atoms with Gasteiger partial charge >= 0.3 is 0 Å². The van der Waals surface area contributed by atoms with Crippen LogP contribution in [-0.4, -0.2) is 63.0 Å². The molecule has 0 atom stereocenters. The Morgan fingerprint density at radius 3 is 2.46 bits per heavy atom. The van der Waals surface area contributed by atoms with Crippen LogP contribution in [0.1, 0.15) is 39.4 Å². The van der Waals surface area contributed by atoms with Gasteiger partial charge in [-0.1, -0.05) is 12.1 Å². The molecule has 10 nitrogen and oxygen atoms in total. The van der Waals surface area contributed by atoms with Crippen LogP contribution in [0.25, 0.3) is 10.2 Å². The molecule has 2 amide bonds. The van der Waals surface area contributed by atoms with Gasteiger partial charge in [0.25, 0.3) is 11.8 Å². The van der Waals surface area contributed by atoms with Crippen LogP contribution in [0.5, 0.6) is 0 Å². The summed E-state index contributed by atoms with van der Waals surface area (Å²) in [4.78, 5) is 29.5. The van der Waals surface area contributed by atoms with Gasteiger partial charge < -0.3 is 20.3 Å². The molecule has 0 radical (unpaired) electrons. The predicted molar refractivity (Wildman–Crippen MR) is 151 cm³/mol.